The Morgan fingerprint density at radius 2 is 2.13 bits per heavy atom. The van der Waals surface area contributed by atoms with Gasteiger partial charge in [0.05, 0.1) is 28.3 Å². The number of carbonyl (C=O) groups excluding carboxylic acids is 1. The van der Waals surface area contributed by atoms with E-state index < -0.39 is 9.84 Å². The molecule has 0 aromatic heterocycles. The van der Waals surface area contributed by atoms with E-state index in [0.29, 0.717) is 22.3 Å². The van der Waals surface area contributed by atoms with Crippen molar-refractivity contribution in [1.29, 1.82) is 0 Å². The molecule has 1 aromatic rings. The number of fused-ring (bicyclic) bond motifs is 1. The third kappa shape index (κ3) is 3.41. The Balaban J connectivity index is 2.01. The number of aliphatic imine (C=N–C) groups is 1. The van der Waals surface area contributed by atoms with Gasteiger partial charge in [-0.2, -0.15) is 4.99 Å². The van der Waals surface area contributed by atoms with Gasteiger partial charge >= 0.3 is 0 Å². The predicted octanol–water partition coefficient (Wildman–Crippen LogP) is 2.74. The maximum absolute atomic E-state index is 12.0. The van der Waals surface area contributed by atoms with Gasteiger partial charge < -0.3 is 4.90 Å². The lowest BCUT2D eigenvalue weighted by molar-refractivity contribution is -0.117. The molecule has 0 N–H and O–H groups in total. The minimum Gasteiger partial charge on any atom is -0.314 e. The maximum Gasteiger partial charge on any atom is 0.248 e. The number of sulfone groups is 1. The number of nitrogens with zero attached hydrogens (tertiary/aromatic N) is 2. The lowest BCUT2D eigenvalue weighted by atomic mass is 10.2. The van der Waals surface area contributed by atoms with E-state index in [0.717, 1.165) is 6.42 Å². The second-order valence-corrected chi connectivity index (χ2v) is 9.43. The molecule has 3 rings (SSSR count). The van der Waals surface area contributed by atoms with Crippen molar-refractivity contribution in [2.75, 3.05) is 16.4 Å². The smallest absolute Gasteiger partial charge is 0.248 e. The lowest BCUT2D eigenvalue weighted by Gasteiger charge is -2.25. The fourth-order valence-corrected chi connectivity index (χ4v) is 7.02. The Labute approximate surface area is 145 Å². The Hall–Kier alpha value is -1.05. The predicted molar refractivity (Wildman–Crippen MR) is 95.1 cm³/mol. The van der Waals surface area contributed by atoms with E-state index in [1.54, 1.807) is 6.07 Å². The van der Waals surface area contributed by atoms with Crippen molar-refractivity contribution < 1.29 is 13.2 Å². The van der Waals surface area contributed by atoms with E-state index in [2.05, 4.69) is 4.99 Å². The quantitative estimate of drug-likeness (QED) is 0.816. The zero-order valence-electron chi connectivity index (χ0n) is 12.6. The number of para-hydroxylation sites is 1. The fraction of sp³-hybridized carbons (Fsp3) is 0.467. The van der Waals surface area contributed by atoms with Gasteiger partial charge in [0.25, 0.3) is 0 Å². The van der Waals surface area contributed by atoms with E-state index in [9.17, 15) is 13.2 Å². The van der Waals surface area contributed by atoms with Crippen molar-refractivity contribution in [3.8, 4) is 0 Å². The van der Waals surface area contributed by atoms with Gasteiger partial charge in [-0.1, -0.05) is 42.4 Å². The standard InChI is InChI=1S/C15H17ClN2O3S2/c1-2-5-14(19)17-15-18(11-7-4-3-6-10(11)16)12-8-23(20,21)9-13(12)22-15/h3-4,6-7,12-13H,2,5,8-9H2,1H3/t12-,13-/m1/s1. The van der Waals surface area contributed by atoms with E-state index in [4.69, 9.17) is 11.6 Å². The summed E-state index contributed by atoms with van der Waals surface area (Å²) >= 11 is 7.66. The minimum atomic E-state index is -3.07. The maximum atomic E-state index is 12.0. The summed E-state index contributed by atoms with van der Waals surface area (Å²) < 4.78 is 23.9. The van der Waals surface area contributed by atoms with Crippen molar-refractivity contribution in [2.24, 2.45) is 4.99 Å². The van der Waals surface area contributed by atoms with Crippen LogP contribution >= 0.6 is 23.4 Å². The first-order valence-electron chi connectivity index (χ1n) is 7.43. The summed E-state index contributed by atoms with van der Waals surface area (Å²) in [4.78, 5) is 18.0. The molecule has 2 atom stereocenters. The van der Waals surface area contributed by atoms with Crippen molar-refractivity contribution >= 4 is 50.0 Å². The molecule has 2 fully saturated rings. The number of hydrogen-bond acceptors (Lipinski definition) is 4. The van der Waals surface area contributed by atoms with Crippen molar-refractivity contribution in [3.63, 3.8) is 0 Å². The molecule has 1 aromatic carbocycles. The highest BCUT2D eigenvalue weighted by molar-refractivity contribution is 8.16. The van der Waals surface area contributed by atoms with Crippen LogP contribution in [0, 0.1) is 0 Å². The lowest BCUT2D eigenvalue weighted by Crippen LogP contribution is -2.37. The van der Waals surface area contributed by atoms with Gasteiger partial charge in [-0.15, -0.1) is 0 Å². The first-order valence-corrected chi connectivity index (χ1v) is 10.5. The van der Waals surface area contributed by atoms with Crippen LogP contribution in [0.5, 0.6) is 0 Å². The molecule has 5 nitrogen and oxygen atoms in total. The monoisotopic (exact) mass is 372 g/mol. The second kappa shape index (κ2) is 6.45. The molecular formula is C15H17ClN2O3S2. The normalized spacial score (nSPS) is 27.4. The second-order valence-electron chi connectivity index (χ2n) is 5.66. The van der Waals surface area contributed by atoms with E-state index in [1.807, 2.05) is 30.0 Å². The fourth-order valence-electron chi connectivity index (χ4n) is 2.87. The summed E-state index contributed by atoms with van der Waals surface area (Å²) in [5.41, 5.74) is 0.703. The number of amidine groups is 1. The van der Waals surface area contributed by atoms with Crippen LogP contribution in [-0.2, 0) is 14.6 Å². The number of halogens is 1. The number of anilines is 1. The van der Waals surface area contributed by atoms with Gasteiger partial charge in [-0.3, -0.25) is 4.79 Å². The molecule has 1 amide bonds. The van der Waals surface area contributed by atoms with Gasteiger partial charge in [0.2, 0.25) is 5.91 Å². The van der Waals surface area contributed by atoms with Crippen molar-refractivity contribution in [3.05, 3.63) is 29.3 Å². The largest absolute Gasteiger partial charge is 0.314 e. The van der Waals surface area contributed by atoms with Gasteiger partial charge in [0, 0.05) is 11.7 Å². The van der Waals surface area contributed by atoms with Crippen LogP contribution in [0.2, 0.25) is 5.02 Å². The molecule has 2 saturated heterocycles. The molecule has 2 aliphatic rings. The number of benzene rings is 1. The van der Waals surface area contributed by atoms with Crippen LogP contribution in [0.3, 0.4) is 0 Å². The summed E-state index contributed by atoms with van der Waals surface area (Å²) in [7, 11) is -3.07. The third-order valence-corrected chi connectivity index (χ3v) is 7.39. The van der Waals surface area contributed by atoms with Gasteiger partial charge in [-0.05, 0) is 18.6 Å². The summed E-state index contributed by atoms with van der Waals surface area (Å²) in [6.07, 6.45) is 1.11. The van der Waals surface area contributed by atoms with Gasteiger partial charge in [0.15, 0.2) is 15.0 Å². The van der Waals surface area contributed by atoms with Crippen LogP contribution in [-0.4, -0.2) is 42.3 Å². The summed E-state index contributed by atoms with van der Waals surface area (Å²) in [5.74, 6) is -0.00359. The summed E-state index contributed by atoms with van der Waals surface area (Å²) in [5, 5.41) is 0.972. The molecule has 0 unspecified atom stereocenters. The molecule has 0 spiro atoms. The Morgan fingerprint density at radius 1 is 1.39 bits per heavy atom. The SMILES string of the molecule is CCCC(=O)N=C1S[C@@H]2CS(=O)(=O)C[C@H]2N1c1ccccc1Cl. The highest BCUT2D eigenvalue weighted by Crippen LogP contribution is 2.42. The number of rotatable bonds is 3. The van der Waals surface area contributed by atoms with Crippen molar-refractivity contribution in [2.45, 2.75) is 31.1 Å². The number of amides is 1. The number of thioether (sulfide) groups is 1. The molecule has 23 heavy (non-hydrogen) atoms. The van der Waals surface area contributed by atoms with Gasteiger partial charge in [0.1, 0.15) is 0 Å². The molecular weight excluding hydrogens is 356 g/mol. The first-order chi connectivity index (χ1) is 10.9. The Bertz CT molecular complexity index is 764. The number of hydrogen-bond donors (Lipinski definition) is 0. The van der Waals surface area contributed by atoms with E-state index >= 15 is 0 Å². The highest BCUT2D eigenvalue weighted by Gasteiger charge is 2.49. The zero-order chi connectivity index (χ0) is 16.6. The Kier molecular flexibility index (Phi) is 4.71. The number of carbonyl (C=O) groups is 1. The summed E-state index contributed by atoms with van der Waals surface area (Å²) in [6.45, 7) is 1.92. The van der Waals surface area contributed by atoms with Crippen LogP contribution in [0.25, 0.3) is 0 Å². The topological polar surface area (TPSA) is 66.8 Å². The van der Waals surface area contributed by atoms with Crippen LogP contribution in [0.1, 0.15) is 19.8 Å². The minimum absolute atomic E-state index is 0.0663. The average Bonchev–Trinajstić information content (AvgIpc) is 2.91. The molecule has 8 heteroatoms. The molecule has 124 valence electrons. The van der Waals surface area contributed by atoms with E-state index in [1.165, 1.54) is 11.8 Å². The molecule has 0 radical (unpaired) electrons. The molecule has 0 saturated carbocycles. The molecule has 2 heterocycles. The van der Waals surface area contributed by atoms with Crippen molar-refractivity contribution in [1.82, 2.24) is 0 Å². The third-order valence-electron chi connectivity index (χ3n) is 3.86. The van der Waals surface area contributed by atoms with Crippen LogP contribution in [0.4, 0.5) is 5.69 Å². The average molecular weight is 373 g/mol. The zero-order valence-corrected chi connectivity index (χ0v) is 15.0. The Morgan fingerprint density at radius 3 is 2.83 bits per heavy atom. The summed E-state index contributed by atoms with van der Waals surface area (Å²) in [6, 6.07) is 7.02. The van der Waals surface area contributed by atoms with Crippen LogP contribution in [0.15, 0.2) is 29.3 Å². The molecule has 2 aliphatic heterocycles. The van der Waals surface area contributed by atoms with Crippen LogP contribution < -0.4 is 4.90 Å². The van der Waals surface area contributed by atoms with Gasteiger partial charge in [-0.25, -0.2) is 8.42 Å². The van der Waals surface area contributed by atoms with E-state index in [-0.39, 0.29) is 28.7 Å². The highest BCUT2D eigenvalue weighted by atomic mass is 35.5. The first kappa shape index (κ1) is 16.8. The molecule has 0 bridgehead atoms. The molecule has 0 aliphatic carbocycles.